The predicted molar refractivity (Wildman–Crippen MR) is 135 cm³/mol. The van der Waals surface area contributed by atoms with E-state index in [-0.39, 0.29) is 5.73 Å². The number of morpholine rings is 1. The minimum atomic E-state index is -0.248. The lowest BCUT2D eigenvalue weighted by atomic mass is 10.4. The third-order valence-corrected chi connectivity index (χ3v) is 7.76. The zero-order valence-corrected chi connectivity index (χ0v) is 21.5. The maximum absolute atomic E-state index is 6.95. The van der Waals surface area contributed by atoms with Crippen LogP contribution in [0.2, 0.25) is 0 Å². The lowest BCUT2D eigenvalue weighted by Crippen LogP contribution is -2.37. The fourth-order valence-corrected chi connectivity index (χ4v) is 4.19. The highest BCUT2D eigenvalue weighted by atomic mass is 79.9. The summed E-state index contributed by atoms with van der Waals surface area (Å²) in [6.07, 6.45) is 2.89. The normalized spacial score (nSPS) is 17.4. The van der Waals surface area contributed by atoms with Crippen molar-refractivity contribution in [3.05, 3.63) is 0 Å². The monoisotopic (exact) mass is 567 g/mol. The minimum Gasteiger partial charge on any atom is -0.379 e. The van der Waals surface area contributed by atoms with Gasteiger partial charge in [0.05, 0.1) is 13.2 Å². The summed E-state index contributed by atoms with van der Waals surface area (Å²) in [5.41, 5.74) is -0.248. The molecule has 1 unspecified atom stereocenters. The highest BCUT2D eigenvalue weighted by Crippen LogP contribution is 2.21. The Morgan fingerprint density at radius 2 is 1.62 bits per heavy atom. The van der Waals surface area contributed by atoms with Crippen molar-refractivity contribution in [3.8, 4) is 0 Å². The molecule has 0 aliphatic carbocycles. The number of nitrogens with zero attached hydrogens (tertiary/aromatic N) is 1. The number of hydrogen-bond acceptors (Lipinski definition) is 7. The third-order valence-electron chi connectivity index (χ3n) is 2.60. The maximum atomic E-state index is 6.95. The van der Waals surface area contributed by atoms with Crippen molar-refractivity contribution in [1.29, 1.82) is 2.25 Å². The van der Waals surface area contributed by atoms with Gasteiger partial charge in [-0.3, -0.25) is 4.90 Å². The van der Waals surface area contributed by atoms with Gasteiger partial charge in [-0.15, -0.1) is 0 Å². The maximum Gasteiger partial charge on any atom is 0.102 e. The first-order valence-electron chi connectivity index (χ1n) is 9.44. The molecule has 1 fully saturated rings. The van der Waals surface area contributed by atoms with Gasteiger partial charge in [-0.05, 0) is 36.5 Å². The van der Waals surface area contributed by atoms with Gasteiger partial charge in [0.1, 0.15) is 2.25 Å². The quantitative estimate of drug-likeness (QED) is 0.119. The van der Waals surface area contributed by atoms with Gasteiger partial charge in [-0.2, -0.15) is 37.7 Å². The van der Waals surface area contributed by atoms with Gasteiger partial charge >= 0.3 is 0 Å². The average Bonchev–Trinajstić information content (AvgIpc) is 2.69. The molecule has 9 heteroatoms. The second kappa shape index (κ2) is 27.8. The molecule has 1 rings (SSSR count). The van der Waals surface area contributed by atoms with Crippen molar-refractivity contribution in [3.63, 3.8) is 0 Å². The Bertz CT molecular complexity index is 274. The molecule has 0 aromatic rings. The Balaban J connectivity index is 0. The van der Waals surface area contributed by atoms with Gasteiger partial charge in [-0.25, -0.2) is 0 Å². The molecule has 148 valence electrons. The fraction of sp³-hybridized carbons (Fsp3) is 1.00. The molecule has 0 aromatic carbocycles. The van der Waals surface area contributed by atoms with E-state index in [0.29, 0.717) is 0 Å². The molecule has 0 N–H and O–H groups in total. The fourth-order valence-electron chi connectivity index (χ4n) is 1.40. The van der Waals surface area contributed by atoms with E-state index in [1.807, 2.05) is 21.6 Å². The van der Waals surface area contributed by atoms with Gasteiger partial charge in [-0.1, -0.05) is 53.4 Å². The van der Waals surface area contributed by atoms with Crippen molar-refractivity contribution in [2.75, 3.05) is 72.2 Å². The lowest BCUT2D eigenvalue weighted by molar-refractivity contribution is 0.0410. The van der Waals surface area contributed by atoms with E-state index >= 15 is 0 Å². The van der Waals surface area contributed by atoms with Crippen molar-refractivity contribution in [2.24, 2.45) is 0 Å². The van der Waals surface area contributed by atoms with E-state index in [0.717, 1.165) is 80.3 Å². The molecule has 1 atom stereocenters. The molecule has 0 amide bonds. The smallest absolute Gasteiger partial charge is 0.102 e. The third kappa shape index (κ3) is 26.9. The van der Waals surface area contributed by atoms with Crippen molar-refractivity contribution in [1.82, 2.24) is 4.90 Å². The zero-order valence-electron chi connectivity index (χ0n) is 17.2. The largest absolute Gasteiger partial charge is 0.379 e. The Morgan fingerprint density at radius 3 is 2.21 bits per heavy atom. The zero-order chi connectivity index (χ0) is 20.6. The van der Waals surface area contributed by atoms with Gasteiger partial charge < -0.3 is 4.74 Å². The van der Waals surface area contributed by atoms with Crippen molar-refractivity contribution < 1.29 is 6.11 Å². The summed E-state index contributed by atoms with van der Waals surface area (Å²) in [6, 6.07) is 0. The molecule has 1 saturated heterocycles. The van der Waals surface area contributed by atoms with E-state index in [4.69, 9.17) is 8.36 Å². The molecule has 0 radical (unpaired) electrons. The highest BCUT2D eigenvalue weighted by Gasteiger charge is 2.08. The molecule has 1 aliphatic rings. The Kier molecular flexibility index (Phi) is 26.6. The molecule has 24 heavy (non-hydrogen) atoms. The van der Waals surface area contributed by atoms with Crippen molar-refractivity contribution >= 4 is 91.1 Å². The van der Waals surface area contributed by atoms with Gasteiger partial charge in [0, 0.05) is 43.2 Å². The van der Waals surface area contributed by atoms with Gasteiger partial charge in [0.15, 0.2) is 0 Å². The first-order chi connectivity index (χ1) is 13.1. The molecule has 0 saturated carbocycles. The number of thiol groups is 3. The van der Waals surface area contributed by atoms with Crippen LogP contribution in [0.1, 0.15) is 20.6 Å². The minimum absolute atomic E-state index is 0.248. The summed E-state index contributed by atoms with van der Waals surface area (Å²) in [7, 11) is 3.90. The first kappa shape index (κ1) is 22.9. The van der Waals surface area contributed by atoms with E-state index in [9.17, 15) is 0 Å². The van der Waals surface area contributed by atoms with E-state index in [1.165, 1.54) is 30.6 Å². The number of rotatable bonds is 13. The topological polar surface area (TPSA) is 12.5 Å². The Morgan fingerprint density at radius 1 is 1.00 bits per heavy atom. The highest BCUT2D eigenvalue weighted by molar-refractivity contribution is 9.11. The second-order valence-corrected chi connectivity index (χ2v) is 10.0. The molecule has 0 spiro atoms. The van der Waals surface area contributed by atoms with Gasteiger partial charge in [0.25, 0.3) is 0 Å². The van der Waals surface area contributed by atoms with Crippen molar-refractivity contribution in [2.45, 2.75) is 19.3 Å². The van der Waals surface area contributed by atoms with Crippen LogP contribution in [0.3, 0.4) is 0 Å². The molecular formula is C15H33Br2NOS5. The van der Waals surface area contributed by atoms with Crippen LogP contribution in [0, 0.1) is 0 Å². The van der Waals surface area contributed by atoms with Crippen LogP contribution >= 0.6 is 91.1 Å². The number of hydrogen-bond donors (Lipinski definition) is 3. The summed E-state index contributed by atoms with van der Waals surface area (Å²) in [5, 5.41) is 2.10. The predicted octanol–water partition coefficient (Wildman–Crippen LogP) is 5.42. The van der Waals surface area contributed by atoms with Crippen LogP contribution in [0.25, 0.3) is 0 Å². The van der Waals surface area contributed by atoms with E-state index in [1.54, 1.807) is 0 Å². The van der Waals surface area contributed by atoms with Crippen LogP contribution in [-0.4, -0.2) is 79.4 Å². The number of halogens is 2. The molecule has 0 bridgehead atoms. The van der Waals surface area contributed by atoms with Crippen LogP contribution in [0.5, 0.6) is 0 Å². The molecule has 2 nitrogen and oxygen atoms in total. The molecular weight excluding hydrogens is 530 g/mol. The SMILES string of the molecule is BrCCBr.[3H]SCCCC([3H])S.[3H]SCCCSSCCN1CCOCC1. The summed E-state index contributed by atoms with van der Waals surface area (Å²) < 4.78 is 25.9. The summed E-state index contributed by atoms with van der Waals surface area (Å²) in [6.45, 7) is 5.19. The van der Waals surface area contributed by atoms with Crippen LogP contribution in [0.4, 0.5) is 0 Å². The molecule has 0 aromatic heterocycles. The van der Waals surface area contributed by atoms with Crippen LogP contribution < -0.4 is 0 Å². The Hall–Kier alpha value is 2.63. The molecule has 1 heterocycles. The number of alkyl halides is 2. The number of ether oxygens (including phenoxy) is 1. The van der Waals surface area contributed by atoms with E-state index in [2.05, 4.69) is 49.4 Å². The summed E-state index contributed by atoms with van der Waals surface area (Å²) in [4.78, 5) is 2.47. The summed E-state index contributed by atoms with van der Waals surface area (Å²) >= 11 is 12.5. The van der Waals surface area contributed by atoms with Crippen LogP contribution in [-0.2, 0) is 4.74 Å². The first-order valence-corrected chi connectivity index (χ1v) is 14.5. The van der Waals surface area contributed by atoms with E-state index < -0.39 is 0 Å². The molecule has 1 aliphatic heterocycles. The second-order valence-electron chi connectivity index (χ2n) is 4.56. The van der Waals surface area contributed by atoms with Crippen LogP contribution in [0.15, 0.2) is 0 Å². The van der Waals surface area contributed by atoms with Gasteiger partial charge in [0.2, 0.25) is 0 Å². The Labute approximate surface area is 194 Å². The lowest BCUT2D eigenvalue weighted by Gasteiger charge is -2.26. The standard InChI is InChI=1S/C9H19NOS3.C4H10S2.C2H4Br2/c12-7-1-8-13-14-9-4-10-2-5-11-6-3-10;5-3-1-2-4-6;3-1-2-4/h12H,1-9H2;5-6H,1-4H2;1-2H2/i;3T;/hT2. The summed E-state index contributed by atoms with van der Waals surface area (Å²) in [5.74, 6) is 4.19. The average molecular weight is 570 g/mol.